The number of fused-ring (bicyclic) bond motifs is 1. The number of hydrazine groups is 1. The Bertz CT molecular complexity index is 627. The molecule has 1 amide bonds. The Morgan fingerprint density at radius 2 is 1.95 bits per heavy atom. The first kappa shape index (κ1) is 13.1. The van der Waals surface area contributed by atoms with E-state index in [1.165, 1.54) is 0 Å². The second kappa shape index (κ2) is 5.26. The Balaban J connectivity index is 1.72. The number of aryl methyl sites for hydroxylation is 1. The van der Waals surface area contributed by atoms with Crippen molar-refractivity contribution in [1.82, 2.24) is 15.3 Å². The predicted octanol–water partition coefficient (Wildman–Crippen LogP) is 1.63. The van der Waals surface area contributed by atoms with Gasteiger partial charge in [0, 0.05) is 31.6 Å². The van der Waals surface area contributed by atoms with Crippen molar-refractivity contribution in [2.45, 2.75) is 6.92 Å². The monoisotopic (exact) mass is 273 g/mol. The molecule has 5 heteroatoms. The molecule has 0 atom stereocenters. The minimum Gasteiger partial charge on any atom is -0.451 e. The van der Waals surface area contributed by atoms with E-state index in [2.05, 4.69) is 17.4 Å². The van der Waals surface area contributed by atoms with Crippen molar-refractivity contribution in [2.75, 3.05) is 33.2 Å². The van der Waals surface area contributed by atoms with E-state index >= 15 is 0 Å². The van der Waals surface area contributed by atoms with Crippen LogP contribution in [0.1, 0.15) is 16.1 Å². The lowest BCUT2D eigenvalue weighted by Gasteiger charge is -2.32. The van der Waals surface area contributed by atoms with E-state index in [0.29, 0.717) is 5.76 Å². The van der Waals surface area contributed by atoms with Crippen LogP contribution in [0.25, 0.3) is 11.0 Å². The number of benzene rings is 1. The van der Waals surface area contributed by atoms with Gasteiger partial charge < -0.3 is 9.32 Å². The third-order valence-corrected chi connectivity index (χ3v) is 3.66. The Hall–Kier alpha value is -1.85. The highest BCUT2D eigenvalue weighted by atomic mass is 16.3. The number of hydrogen-bond donors (Lipinski definition) is 1. The maximum absolute atomic E-state index is 12.2. The average Bonchev–Trinajstić information content (AvgIpc) is 2.84. The Labute approximate surface area is 118 Å². The normalized spacial score (nSPS) is 17.5. The predicted molar refractivity (Wildman–Crippen MR) is 77.5 cm³/mol. The molecule has 1 fully saturated rings. The molecule has 1 saturated heterocycles. The molecule has 2 aromatic rings. The SMILES string of the molecule is Cc1ccc2cc(C(=O)NN3CCN(C)CC3)oc2c1. The van der Waals surface area contributed by atoms with Gasteiger partial charge in [-0.05, 0) is 31.7 Å². The highest BCUT2D eigenvalue weighted by molar-refractivity contribution is 5.95. The molecule has 1 aromatic carbocycles. The van der Waals surface area contributed by atoms with Gasteiger partial charge in [0.15, 0.2) is 5.76 Å². The molecule has 20 heavy (non-hydrogen) atoms. The van der Waals surface area contributed by atoms with Gasteiger partial charge in [-0.25, -0.2) is 5.01 Å². The van der Waals surface area contributed by atoms with E-state index in [9.17, 15) is 4.79 Å². The van der Waals surface area contributed by atoms with Gasteiger partial charge in [0.1, 0.15) is 5.58 Å². The fourth-order valence-corrected chi connectivity index (χ4v) is 2.37. The highest BCUT2D eigenvalue weighted by Gasteiger charge is 2.18. The lowest BCUT2D eigenvalue weighted by molar-refractivity contribution is 0.0639. The summed E-state index contributed by atoms with van der Waals surface area (Å²) in [6.07, 6.45) is 0. The number of hydrogen-bond acceptors (Lipinski definition) is 4. The largest absolute Gasteiger partial charge is 0.451 e. The zero-order valence-corrected chi connectivity index (χ0v) is 11.8. The number of piperazine rings is 1. The number of nitrogens with zero attached hydrogens (tertiary/aromatic N) is 2. The average molecular weight is 273 g/mol. The van der Waals surface area contributed by atoms with Crippen LogP contribution in [0.5, 0.6) is 0 Å². The smallest absolute Gasteiger partial charge is 0.301 e. The minimum absolute atomic E-state index is 0.177. The van der Waals surface area contributed by atoms with Crippen molar-refractivity contribution in [3.8, 4) is 0 Å². The van der Waals surface area contributed by atoms with Crippen LogP contribution in [0.2, 0.25) is 0 Å². The van der Waals surface area contributed by atoms with Gasteiger partial charge in [-0.1, -0.05) is 12.1 Å². The molecule has 1 N–H and O–H groups in total. The van der Waals surface area contributed by atoms with Crippen LogP contribution in [-0.2, 0) is 0 Å². The molecule has 3 rings (SSSR count). The number of furan rings is 1. The van der Waals surface area contributed by atoms with Crippen LogP contribution < -0.4 is 5.43 Å². The molecule has 1 aliphatic rings. The van der Waals surface area contributed by atoms with Crippen LogP contribution in [-0.4, -0.2) is 49.0 Å². The number of rotatable bonds is 2. The molecule has 0 radical (unpaired) electrons. The summed E-state index contributed by atoms with van der Waals surface area (Å²) in [7, 11) is 2.08. The van der Waals surface area contributed by atoms with Gasteiger partial charge in [0.25, 0.3) is 0 Å². The number of likely N-dealkylation sites (N-methyl/N-ethyl adjacent to an activating group) is 1. The van der Waals surface area contributed by atoms with Crippen LogP contribution in [0.4, 0.5) is 0 Å². The fourth-order valence-electron chi connectivity index (χ4n) is 2.37. The molecule has 1 aliphatic heterocycles. The Morgan fingerprint density at radius 3 is 2.70 bits per heavy atom. The number of carbonyl (C=O) groups excluding carboxylic acids is 1. The van der Waals surface area contributed by atoms with Gasteiger partial charge in [0.2, 0.25) is 0 Å². The first-order valence-corrected chi connectivity index (χ1v) is 6.86. The first-order valence-electron chi connectivity index (χ1n) is 6.86. The lowest BCUT2D eigenvalue weighted by Crippen LogP contribution is -2.52. The second-order valence-electron chi connectivity index (χ2n) is 5.38. The molecule has 0 aliphatic carbocycles. The Kier molecular flexibility index (Phi) is 3.46. The van der Waals surface area contributed by atoms with Gasteiger partial charge in [-0.3, -0.25) is 10.2 Å². The third kappa shape index (κ3) is 2.69. The molecule has 0 saturated carbocycles. The fraction of sp³-hybridized carbons (Fsp3) is 0.400. The van der Waals surface area contributed by atoms with Crippen molar-refractivity contribution in [3.05, 3.63) is 35.6 Å². The van der Waals surface area contributed by atoms with E-state index < -0.39 is 0 Å². The summed E-state index contributed by atoms with van der Waals surface area (Å²) in [5.41, 5.74) is 4.79. The van der Waals surface area contributed by atoms with Crippen LogP contribution >= 0.6 is 0 Å². The van der Waals surface area contributed by atoms with Crippen LogP contribution in [0, 0.1) is 6.92 Å². The molecule has 0 bridgehead atoms. The van der Waals surface area contributed by atoms with Crippen molar-refractivity contribution >= 4 is 16.9 Å². The third-order valence-electron chi connectivity index (χ3n) is 3.66. The summed E-state index contributed by atoms with van der Waals surface area (Å²) in [4.78, 5) is 14.4. The molecule has 0 unspecified atom stereocenters. The number of amides is 1. The quantitative estimate of drug-likeness (QED) is 0.903. The van der Waals surface area contributed by atoms with Gasteiger partial charge in [-0.2, -0.15) is 0 Å². The first-order chi connectivity index (χ1) is 9.61. The highest BCUT2D eigenvalue weighted by Crippen LogP contribution is 2.20. The number of nitrogens with one attached hydrogen (secondary N) is 1. The van der Waals surface area contributed by atoms with E-state index in [-0.39, 0.29) is 5.91 Å². The molecular formula is C15H19N3O2. The summed E-state index contributed by atoms with van der Waals surface area (Å²) in [5.74, 6) is 0.188. The van der Waals surface area contributed by atoms with E-state index in [1.807, 2.05) is 30.1 Å². The second-order valence-corrected chi connectivity index (χ2v) is 5.38. The topological polar surface area (TPSA) is 48.7 Å². The van der Waals surface area contributed by atoms with Crippen molar-refractivity contribution in [3.63, 3.8) is 0 Å². The summed E-state index contributed by atoms with van der Waals surface area (Å²) in [5, 5.41) is 2.90. The molecule has 0 spiro atoms. The van der Waals surface area contributed by atoms with Gasteiger partial charge in [0.05, 0.1) is 0 Å². The number of carbonyl (C=O) groups is 1. The zero-order chi connectivity index (χ0) is 14.1. The van der Waals surface area contributed by atoms with E-state index in [4.69, 9.17) is 4.42 Å². The van der Waals surface area contributed by atoms with Gasteiger partial charge >= 0.3 is 5.91 Å². The van der Waals surface area contributed by atoms with E-state index in [0.717, 1.165) is 42.7 Å². The van der Waals surface area contributed by atoms with E-state index in [1.54, 1.807) is 6.07 Å². The maximum Gasteiger partial charge on any atom is 0.301 e. The summed E-state index contributed by atoms with van der Waals surface area (Å²) < 4.78 is 5.62. The molecule has 2 heterocycles. The standard InChI is InChI=1S/C15H19N3O2/c1-11-3-4-12-10-14(20-13(12)9-11)15(19)16-18-7-5-17(2)6-8-18/h3-4,9-10H,5-8H2,1-2H3,(H,16,19). The van der Waals surface area contributed by atoms with Crippen LogP contribution in [0.3, 0.4) is 0 Å². The van der Waals surface area contributed by atoms with Gasteiger partial charge in [-0.15, -0.1) is 0 Å². The van der Waals surface area contributed by atoms with Crippen molar-refractivity contribution in [2.24, 2.45) is 0 Å². The molecule has 106 valence electrons. The Morgan fingerprint density at radius 1 is 1.20 bits per heavy atom. The molecular weight excluding hydrogens is 254 g/mol. The lowest BCUT2D eigenvalue weighted by atomic mass is 10.2. The summed E-state index contributed by atoms with van der Waals surface area (Å²) >= 11 is 0. The van der Waals surface area contributed by atoms with Crippen LogP contribution in [0.15, 0.2) is 28.7 Å². The maximum atomic E-state index is 12.2. The molecule has 1 aromatic heterocycles. The zero-order valence-electron chi connectivity index (χ0n) is 11.8. The van der Waals surface area contributed by atoms with Crippen molar-refractivity contribution in [1.29, 1.82) is 0 Å². The summed E-state index contributed by atoms with van der Waals surface area (Å²) in [6, 6.07) is 7.73. The minimum atomic E-state index is -0.177. The summed E-state index contributed by atoms with van der Waals surface area (Å²) in [6.45, 7) is 5.59. The van der Waals surface area contributed by atoms with Crippen molar-refractivity contribution < 1.29 is 9.21 Å². The molecule has 5 nitrogen and oxygen atoms in total.